The number of hydrogen-bond donors (Lipinski definition) is 1. The van der Waals surface area contributed by atoms with Gasteiger partial charge in [0.1, 0.15) is 6.04 Å². The van der Waals surface area contributed by atoms with E-state index in [1.165, 1.54) is 4.90 Å². The molecule has 5 heteroatoms. The van der Waals surface area contributed by atoms with Gasteiger partial charge >= 0.3 is 5.97 Å². The largest absolute Gasteiger partial charge is 0.480 e. The molecule has 1 rings (SSSR count). The predicted octanol–water partition coefficient (Wildman–Crippen LogP) is 1.90. The molecule has 1 heterocycles. The zero-order valence-electron chi connectivity index (χ0n) is 12.5. The highest BCUT2D eigenvalue weighted by Gasteiger charge is 2.45. The van der Waals surface area contributed by atoms with Crippen LogP contribution in [0.15, 0.2) is 0 Å². The molecular weight excluding hydrogens is 246 g/mol. The molecule has 5 nitrogen and oxygen atoms in total. The minimum Gasteiger partial charge on any atom is -0.480 e. The van der Waals surface area contributed by atoms with E-state index in [0.717, 1.165) is 12.8 Å². The maximum absolute atomic E-state index is 12.4. The summed E-state index contributed by atoms with van der Waals surface area (Å²) in [5, 5.41) is 9.42. The first-order valence-corrected chi connectivity index (χ1v) is 6.68. The van der Waals surface area contributed by atoms with E-state index in [1.54, 1.807) is 7.11 Å². The lowest BCUT2D eigenvalue weighted by molar-refractivity contribution is -0.161. The summed E-state index contributed by atoms with van der Waals surface area (Å²) in [4.78, 5) is 25.4. The summed E-state index contributed by atoms with van der Waals surface area (Å²) in [6, 6.07) is -0.749. The number of hydrogen-bond acceptors (Lipinski definition) is 3. The van der Waals surface area contributed by atoms with E-state index >= 15 is 0 Å². The highest BCUT2D eigenvalue weighted by Crippen LogP contribution is 2.36. The Morgan fingerprint density at radius 1 is 1.42 bits per heavy atom. The van der Waals surface area contributed by atoms with E-state index in [9.17, 15) is 14.7 Å². The van der Waals surface area contributed by atoms with Crippen LogP contribution in [0, 0.1) is 5.41 Å². The zero-order chi connectivity index (χ0) is 14.8. The minimum atomic E-state index is -0.923. The van der Waals surface area contributed by atoms with Gasteiger partial charge in [-0.2, -0.15) is 0 Å². The van der Waals surface area contributed by atoms with Crippen LogP contribution in [0.1, 0.15) is 47.0 Å². The molecule has 1 saturated heterocycles. The molecule has 1 aliphatic heterocycles. The molecule has 1 N–H and O–H groups in total. The molecule has 0 aromatic heterocycles. The Morgan fingerprint density at radius 2 is 2.00 bits per heavy atom. The molecule has 1 atom stereocenters. The van der Waals surface area contributed by atoms with E-state index in [0.29, 0.717) is 6.54 Å². The van der Waals surface area contributed by atoms with E-state index in [1.807, 2.05) is 27.7 Å². The quantitative estimate of drug-likeness (QED) is 0.848. The van der Waals surface area contributed by atoms with Gasteiger partial charge < -0.3 is 14.7 Å². The van der Waals surface area contributed by atoms with Crippen LogP contribution in [0.25, 0.3) is 0 Å². The van der Waals surface area contributed by atoms with Gasteiger partial charge in [0.2, 0.25) is 5.91 Å². The Bertz CT molecular complexity index is 362. The normalized spacial score (nSPS) is 23.2. The average Bonchev–Trinajstić information content (AvgIpc) is 2.26. The van der Waals surface area contributed by atoms with Crippen molar-refractivity contribution in [1.82, 2.24) is 4.90 Å². The van der Waals surface area contributed by atoms with Crippen LogP contribution in [0.5, 0.6) is 0 Å². The smallest absolute Gasteiger partial charge is 0.326 e. The summed E-state index contributed by atoms with van der Waals surface area (Å²) in [6.45, 7) is 7.99. The maximum atomic E-state index is 12.4. The molecule has 110 valence electrons. The SMILES string of the molecule is COC(C)(C)CC(=O)N1CCCC(C)(C)C1C(=O)O. The number of piperidine rings is 1. The molecule has 0 aliphatic carbocycles. The van der Waals surface area contributed by atoms with Crippen molar-refractivity contribution in [3.8, 4) is 0 Å². The monoisotopic (exact) mass is 271 g/mol. The van der Waals surface area contributed by atoms with Crippen molar-refractivity contribution in [2.75, 3.05) is 13.7 Å². The van der Waals surface area contributed by atoms with E-state index in [-0.39, 0.29) is 12.3 Å². The van der Waals surface area contributed by atoms with Crippen molar-refractivity contribution in [3.63, 3.8) is 0 Å². The predicted molar refractivity (Wildman–Crippen MR) is 71.9 cm³/mol. The van der Waals surface area contributed by atoms with E-state index in [2.05, 4.69) is 0 Å². The fourth-order valence-electron chi connectivity index (χ4n) is 2.67. The first-order valence-electron chi connectivity index (χ1n) is 6.68. The third-order valence-electron chi connectivity index (χ3n) is 3.96. The number of ether oxygens (including phenoxy) is 1. The zero-order valence-corrected chi connectivity index (χ0v) is 12.5. The molecule has 0 spiro atoms. The number of carbonyl (C=O) groups is 2. The Kier molecular flexibility index (Phi) is 4.61. The van der Waals surface area contributed by atoms with Crippen molar-refractivity contribution < 1.29 is 19.4 Å². The Morgan fingerprint density at radius 3 is 2.47 bits per heavy atom. The second-order valence-electron chi connectivity index (χ2n) is 6.56. The fraction of sp³-hybridized carbons (Fsp3) is 0.857. The van der Waals surface area contributed by atoms with Gasteiger partial charge in [0.25, 0.3) is 0 Å². The van der Waals surface area contributed by atoms with E-state index in [4.69, 9.17) is 4.74 Å². The van der Waals surface area contributed by atoms with Gasteiger partial charge in [-0.3, -0.25) is 4.79 Å². The Balaban J connectivity index is 2.90. The highest BCUT2D eigenvalue weighted by molar-refractivity contribution is 5.85. The number of methoxy groups -OCH3 is 1. The lowest BCUT2D eigenvalue weighted by atomic mass is 9.76. The topological polar surface area (TPSA) is 66.8 Å². The molecule has 19 heavy (non-hydrogen) atoms. The van der Waals surface area contributed by atoms with Gasteiger partial charge in [-0.05, 0) is 32.1 Å². The van der Waals surface area contributed by atoms with Crippen LogP contribution in [0.3, 0.4) is 0 Å². The molecule has 1 unspecified atom stereocenters. The first kappa shape index (κ1) is 16.0. The molecule has 1 aliphatic rings. The number of likely N-dealkylation sites (tertiary alicyclic amines) is 1. The third-order valence-corrected chi connectivity index (χ3v) is 3.96. The number of rotatable bonds is 4. The minimum absolute atomic E-state index is 0.146. The van der Waals surface area contributed by atoms with Crippen molar-refractivity contribution in [3.05, 3.63) is 0 Å². The van der Waals surface area contributed by atoms with E-state index < -0.39 is 23.0 Å². The van der Waals surface area contributed by atoms with Gasteiger partial charge in [-0.25, -0.2) is 4.79 Å². The second kappa shape index (κ2) is 5.49. The first-order chi connectivity index (χ1) is 8.60. The maximum Gasteiger partial charge on any atom is 0.326 e. The van der Waals surface area contributed by atoms with Crippen molar-refractivity contribution in [2.24, 2.45) is 5.41 Å². The average molecular weight is 271 g/mol. The molecule has 0 aromatic carbocycles. The van der Waals surface area contributed by atoms with Gasteiger partial charge in [-0.15, -0.1) is 0 Å². The molecule has 1 amide bonds. The summed E-state index contributed by atoms with van der Waals surface area (Å²) in [5.41, 5.74) is -0.960. The van der Waals surface area contributed by atoms with Gasteiger partial charge in [0.05, 0.1) is 12.0 Å². The fourth-order valence-corrected chi connectivity index (χ4v) is 2.67. The Hall–Kier alpha value is -1.10. The van der Waals surface area contributed by atoms with Crippen molar-refractivity contribution >= 4 is 11.9 Å². The molecule has 1 fully saturated rings. The number of carbonyl (C=O) groups excluding carboxylic acids is 1. The summed E-state index contributed by atoms with van der Waals surface area (Å²) in [7, 11) is 1.56. The lowest BCUT2D eigenvalue weighted by Crippen LogP contribution is -2.57. The standard InChI is InChI=1S/C14H25NO4/c1-13(2)7-6-8-15(11(13)12(17)18)10(16)9-14(3,4)19-5/h11H,6-9H2,1-5H3,(H,17,18). The summed E-state index contributed by atoms with van der Waals surface area (Å²) >= 11 is 0. The molecule has 0 bridgehead atoms. The van der Waals surface area contributed by atoms with Crippen LogP contribution < -0.4 is 0 Å². The van der Waals surface area contributed by atoms with Crippen LogP contribution in [0.4, 0.5) is 0 Å². The van der Waals surface area contributed by atoms with Crippen molar-refractivity contribution in [1.29, 1.82) is 0 Å². The van der Waals surface area contributed by atoms with Crippen molar-refractivity contribution in [2.45, 2.75) is 58.6 Å². The Labute approximate surface area is 114 Å². The van der Waals surface area contributed by atoms with Gasteiger partial charge in [0, 0.05) is 13.7 Å². The highest BCUT2D eigenvalue weighted by atomic mass is 16.5. The number of aliphatic carboxylic acids is 1. The number of carboxylic acid groups (broad SMARTS) is 1. The third kappa shape index (κ3) is 3.69. The van der Waals surface area contributed by atoms with Crippen LogP contribution in [-0.2, 0) is 14.3 Å². The number of nitrogens with zero attached hydrogens (tertiary/aromatic N) is 1. The lowest BCUT2D eigenvalue weighted by Gasteiger charge is -2.44. The summed E-state index contributed by atoms with van der Waals surface area (Å²) < 4.78 is 5.25. The molecule has 0 saturated carbocycles. The second-order valence-corrected chi connectivity index (χ2v) is 6.56. The van der Waals surface area contributed by atoms with Crippen LogP contribution in [-0.4, -0.2) is 47.2 Å². The van der Waals surface area contributed by atoms with Gasteiger partial charge in [0.15, 0.2) is 0 Å². The molecule has 0 radical (unpaired) electrons. The molecule has 0 aromatic rings. The van der Waals surface area contributed by atoms with Crippen LogP contribution >= 0.6 is 0 Å². The molecular formula is C14H25NO4. The summed E-state index contributed by atoms with van der Waals surface area (Å²) in [6.07, 6.45) is 1.86. The summed E-state index contributed by atoms with van der Waals surface area (Å²) in [5.74, 6) is -1.07. The number of carboxylic acids is 1. The van der Waals surface area contributed by atoms with Gasteiger partial charge in [-0.1, -0.05) is 13.8 Å². The van der Waals surface area contributed by atoms with Crippen LogP contribution in [0.2, 0.25) is 0 Å². The number of amides is 1.